The van der Waals surface area contributed by atoms with Crippen LogP contribution in [-0.4, -0.2) is 68.2 Å². The number of likely N-dealkylation sites (tertiary alicyclic amines) is 1. The number of ether oxygens (including phenoxy) is 2. The zero-order valence-electron chi connectivity index (χ0n) is 17.8. The number of aliphatic hydroxyl groups is 1. The monoisotopic (exact) mass is 457 g/mol. The molecule has 32 heavy (non-hydrogen) atoms. The van der Waals surface area contributed by atoms with E-state index in [1.807, 2.05) is 18.2 Å². The molecule has 2 aromatic rings. The highest BCUT2D eigenvalue weighted by molar-refractivity contribution is 6.46. The molecule has 0 aliphatic carbocycles. The van der Waals surface area contributed by atoms with E-state index in [4.69, 9.17) is 21.1 Å². The molecular weight excluding hydrogens is 432 g/mol. The van der Waals surface area contributed by atoms with E-state index in [9.17, 15) is 14.7 Å². The fraction of sp³-hybridized carbons (Fsp3) is 0.333. The van der Waals surface area contributed by atoms with Crippen molar-refractivity contribution in [2.24, 2.45) is 0 Å². The zero-order valence-corrected chi connectivity index (χ0v) is 18.6. The van der Waals surface area contributed by atoms with Crippen LogP contribution in [-0.2, 0) is 14.3 Å². The molecule has 0 bridgehead atoms. The fourth-order valence-electron chi connectivity index (χ4n) is 4.28. The van der Waals surface area contributed by atoms with Gasteiger partial charge in [0.05, 0.1) is 45.0 Å². The van der Waals surface area contributed by atoms with Crippen LogP contribution in [0.5, 0.6) is 5.75 Å². The topological polar surface area (TPSA) is 80.5 Å². The Morgan fingerprint density at radius 1 is 1.16 bits per heavy atom. The van der Waals surface area contributed by atoms with E-state index in [1.54, 1.807) is 42.3 Å². The van der Waals surface area contributed by atoms with Gasteiger partial charge >= 0.3 is 0 Å². The number of quaternary nitrogens is 1. The summed E-state index contributed by atoms with van der Waals surface area (Å²) in [5.41, 5.74) is 1.13. The van der Waals surface area contributed by atoms with E-state index in [-0.39, 0.29) is 11.3 Å². The average Bonchev–Trinajstić information content (AvgIpc) is 3.08. The van der Waals surface area contributed by atoms with E-state index in [0.29, 0.717) is 48.2 Å². The maximum atomic E-state index is 13.1. The number of nitrogens with one attached hydrogen (secondary N) is 1. The minimum Gasteiger partial charge on any atom is -0.507 e. The number of amides is 1. The van der Waals surface area contributed by atoms with Crippen LogP contribution in [0.2, 0.25) is 5.02 Å². The first-order chi connectivity index (χ1) is 15.5. The molecule has 0 unspecified atom stereocenters. The number of aliphatic hydroxyl groups excluding tert-OH is 1. The Morgan fingerprint density at radius 3 is 2.53 bits per heavy atom. The Bertz CT molecular complexity index is 1030. The minimum atomic E-state index is -0.748. The minimum absolute atomic E-state index is 0.0544. The molecule has 0 spiro atoms. The Kier molecular flexibility index (Phi) is 6.79. The molecule has 2 aliphatic rings. The summed E-state index contributed by atoms with van der Waals surface area (Å²) in [6.45, 7) is 4.13. The number of rotatable bonds is 6. The summed E-state index contributed by atoms with van der Waals surface area (Å²) in [5, 5.41) is 11.6. The van der Waals surface area contributed by atoms with E-state index >= 15 is 0 Å². The second-order valence-corrected chi connectivity index (χ2v) is 8.29. The van der Waals surface area contributed by atoms with Gasteiger partial charge in [0.1, 0.15) is 24.6 Å². The summed E-state index contributed by atoms with van der Waals surface area (Å²) >= 11 is 5.98. The van der Waals surface area contributed by atoms with Gasteiger partial charge in [0, 0.05) is 16.1 Å². The summed E-state index contributed by atoms with van der Waals surface area (Å²) < 4.78 is 10.9. The molecule has 7 nitrogen and oxygen atoms in total. The van der Waals surface area contributed by atoms with E-state index < -0.39 is 17.7 Å². The first-order valence-electron chi connectivity index (χ1n) is 10.6. The smallest absolute Gasteiger partial charge is 0.295 e. The number of carbonyl (C=O) groups is 2. The molecular formula is C24H26ClN2O5+. The Hall–Kier alpha value is -2.87. The van der Waals surface area contributed by atoms with Crippen molar-refractivity contribution in [1.82, 2.24) is 4.90 Å². The second-order valence-electron chi connectivity index (χ2n) is 7.85. The molecule has 4 rings (SSSR count). The molecule has 1 atom stereocenters. The van der Waals surface area contributed by atoms with E-state index in [0.717, 1.165) is 13.1 Å². The molecule has 0 aromatic heterocycles. The molecule has 0 radical (unpaired) electrons. The zero-order chi connectivity index (χ0) is 22.7. The summed E-state index contributed by atoms with van der Waals surface area (Å²) in [4.78, 5) is 29.1. The largest absolute Gasteiger partial charge is 0.507 e. The van der Waals surface area contributed by atoms with Gasteiger partial charge in [0.25, 0.3) is 11.7 Å². The molecule has 168 valence electrons. The van der Waals surface area contributed by atoms with Crippen LogP contribution in [0.4, 0.5) is 0 Å². The van der Waals surface area contributed by atoms with Crippen LogP contribution in [0, 0.1) is 0 Å². The van der Waals surface area contributed by atoms with E-state index in [2.05, 4.69) is 0 Å². The maximum absolute atomic E-state index is 13.1. The van der Waals surface area contributed by atoms with Crippen molar-refractivity contribution in [2.45, 2.75) is 6.04 Å². The van der Waals surface area contributed by atoms with Gasteiger partial charge in [0.2, 0.25) is 0 Å². The van der Waals surface area contributed by atoms with Crippen molar-refractivity contribution in [3.63, 3.8) is 0 Å². The number of methoxy groups -OCH3 is 1. The van der Waals surface area contributed by atoms with Gasteiger partial charge in [-0.25, -0.2) is 0 Å². The normalized spacial score (nSPS) is 21.2. The van der Waals surface area contributed by atoms with Crippen molar-refractivity contribution in [2.75, 3.05) is 46.5 Å². The number of Topliss-reactive ketones (excluding diaryl/α,β-unsaturated/α-hetero) is 1. The van der Waals surface area contributed by atoms with E-state index in [1.165, 1.54) is 4.90 Å². The molecule has 0 saturated carbocycles. The lowest BCUT2D eigenvalue weighted by atomic mass is 9.94. The molecule has 2 aliphatic heterocycles. The number of halogens is 1. The van der Waals surface area contributed by atoms with Gasteiger partial charge in [-0.15, -0.1) is 0 Å². The van der Waals surface area contributed by atoms with Crippen molar-refractivity contribution in [3.05, 3.63) is 70.3 Å². The van der Waals surface area contributed by atoms with Gasteiger partial charge in [-0.05, 0) is 30.3 Å². The molecule has 2 heterocycles. The third-order valence-corrected chi connectivity index (χ3v) is 6.25. The molecule has 2 fully saturated rings. The summed E-state index contributed by atoms with van der Waals surface area (Å²) in [5.74, 6) is -1.00. The Labute approximate surface area is 191 Å². The lowest BCUT2D eigenvalue weighted by Crippen LogP contribution is -3.14. The molecule has 2 saturated heterocycles. The Balaban J connectivity index is 1.77. The number of nitrogens with zero attached hydrogens (tertiary/aromatic N) is 1. The fourth-order valence-corrected chi connectivity index (χ4v) is 4.40. The molecule has 2 N–H and O–H groups in total. The maximum Gasteiger partial charge on any atom is 0.295 e. The molecule has 2 aromatic carbocycles. The number of para-hydroxylation sites is 1. The van der Waals surface area contributed by atoms with Gasteiger partial charge in [0.15, 0.2) is 0 Å². The van der Waals surface area contributed by atoms with Gasteiger partial charge in [-0.1, -0.05) is 29.8 Å². The van der Waals surface area contributed by atoms with Crippen LogP contribution < -0.4 is 9.64 Å². The first kappa shape index (κ1) is 22.3. The van der Waals surface area contributed by atoms with Crippen LogP contribution in [0.15, 0.2) is 54.1 Å². The Morgan fingerprint density at radius 2 is 1.84 bits per heavy atom. The summed E-state index contributed by atoms with van der Waals surface area (Å²) in [7, 11) is 1.54. The number of morpholine rings is 1. The lowest BCUT2D eigenvalue weighted by Gasteiger charge is -2.29. The summed E-state index contributed by atoms with van der Waals surface area (Å²) in [6.07, 6.45) is 0. The number of benzene rings is 2. The summed E-state index contributed by atoms with van der Waals surface area (Å²) in [6, 6.07) is 13.0. The van der Waals surface area contributed by atoms with Gasteiger partial charge in [-0.2, -0.15) is 0 Å². The SMILES string of the molecule is COc1ccccc1[C@@H]1/C(=C(/O)c2ccc(Cl)cc2)C(=O)C(=O)N1CC[NH+]1CCOCC1. The van der Waals surface area contributed by atoms with Crippen molar-refractivity contribution < 1.29 is 29.1 Å². The van der Waals surface area contributed by atoms with Gasteiger partial charge < -0.3 is 24.4 Å². The number of carbonyl (C=O) groups excluding carboxylic acids is 2. The first-order valence-corrected chi connectivity index (χ1v) is 11.0. The lowest BCUT2D eigenvalue weighted by molar-refractivity contribution is -0.907. The van der Waals surface area contributed by atoms with Crippen molar-refractivity contribution in [1.29, 1.82) is 0 Å². The predicted octanol–water partition coefficient (Wildman–Crippen LogP) is 1.69. The van der Waals surface area contributed by atoms with Crippen LogP contribution in [0.1, 0.15) is 17.2 Å². The number of hydrogen-bond acceptors (Lipinski definition) is 5. The standard InChI is InChI=1S/C24H25ClN2O5/c1-31-19-5-3-2-4-18(19)21-20(22(28)16-6-8-17(25)9-7-16)23(29)24(30)27(21)11-10-26-12-14-32-15-13-26/h2-9,21,28H,10-15H2,1H3/p+1/b22-20-/t21-/m1/s1. The second kappa shape index (κ2) is 9.73. The molecule has 1 amide bonds. The third-order valence-electron chi connectivity index (χ3n) is 6.00. The third kappa shape index (κ3) is 4.37. The van der Waals surface area contributed by atoms with Crippen molar-refractivity contribution in [3.8, 4) is 5.75 Å². The quantitative estimate of drug-likeness (QED) is 0.392. The highest BCUT2D eigenvalue weighted by atomic mass is 35.5. The number of ketones is 1. The van der Waals surface area contributed by atoms with Crippen LogP contribution >= 0.6 is 11.6 Å². The van der Waals surface area contributed by atoms with Crippen LogP contribution in [0.25, 0.3) is 5.76 Å². The highest BCUT2D eigenvalue weighted by Gasteiger charge is 2.47. The molecule has 8 heteroatoms. The highest BCUT2D eigenvalue weighted by Crippen LogP contribution is 2.42. The van der Waals surface area contributed by atoms with Gasteiger partial charge in [-0.3, -0.25) is 9.59 Å². The number of hydrogen-bond donors (Lipinski definition) is 2. The van der Waals surface area contributed by atoms with Crippen molar-refractivity contribution >= 4 is 29.1 Å². The van der Waals surface area contributed by atoms with Crippen LogP contribution in [0.3, 0.4) is 0 Å². The predicted molar refractivity (Wildman–Crippen MR) is 120 cm³/mol. The average molecular weight is 458 g/mol.